The number of nitrogens with one attached hydrogen (secondary N) is 1. The van der Waals surface area contributed by atoms with Crippen LogP contribution in [0.3, 0.4) is 0 Å². The van der Waals surface area contributed by atoms with E-state index < -0.39 is 23.2 Å². The summed E-state index contributed by atoms with van der Waals surface area (Å²) in [6, 6.07) is 11.9. The molecule has 0 unspecified atom stereocenters. The highest BCUT2D eigenvalue weighted by Crippen LogP contribution is 2.36. The van der Waals surface area contributed by atoms with Gasteiger partial charge in [0.1, 0.15) is 35.3 Å². The van der Waals surface area contributed by atoms with Gasteiger partial charge in [-0.3, -0.25) is 9.69 Å². The van der Waals surface area contributed by atoms with E-state index in [2.05, 4.69) is 15.3 Å². The summed E-state index contributed by atoms with van der Waals surface area (Å²) in [6.45, 7) is 0.884. The number of hydrogen-bond donors (Lipinski definition) is 1. The summed E-state index contributed by atoms with van der Waals surface area (Å²) in [6.07, 6.45) is 4.83. The zero-order valence-corrected chi connectivity index (χ0v) is 23.6. The van der Waals surface area contributed by atoms with Crippen LogP contribution in [0.25, 0.3) is 22.0 Å². The maximum atomic E-state index is 14.7. The summed E-state index contributed by atoms with van der Waals surface area (Å²) in [5.41, 5.74) is 2.50. The fraction of sp³-hybridized carbons (Fsp3) is 0.281. The van der Waals surface area contributed by atoms with Crippen molar-refractivity contribution < 1.29 is 27.4 Å². The van der Waals surface area contributed by atoms with Gasteiger partial charge < -0.3 is 14.8 Å². The van der Waals surface area contributed by atoms with Gasteiger partial charge in [-0.15, -0.1) is 0 Å². The van der Waals surface area contributed by atoms with Gasteiger partial charge in [-0.1, -0.05) is 6.07 Å². The molecule has 1 fully saturated rings. The Morgan fingerprint density at radius 1 is 1.07 bits per heavy atom. The normalized spacial score (nSPS) is 15.7. The Morgan fingerprint density at radius 3 is 2.60 bits per heavy atom. The number of nitrogens with zero attached hydrogens (tertiary/aromatic N) is 3. The molecule has 42 heavy (non-hydrogen) atoms. The minimum absolute atomic E-state index is 0.0316. The third kappa shape index (κ3) is 6.23. The molecule has 0 aliphatic carbocycles. The number of carbonyl (C=O) groups is 1. The average Bonchev–Trinajstić information content (AvgIpc) is 3.39. The lowest BCUT2D eigenvalue weighted by molar-refractivity contribution is -0.116. The molecular weight excluding hydrogens is 545 g/mol. The molecule has 218 valence electrons. The molecule has 4 aromatic rings. The topological polar surface area (TPSA) is 76.6 Å². The molecule has 2 heterocycles. The van der Waals surface area contributed by atoms with Crippen LogP contribution in [0.5, 0.6) is 11.5 Å². The second-order valence-electron chi connectivity index (χ2n) is 10.2. The van der Waals surface area contributed by atoms with Gasteiger partial charge in [0.15, 0.2) is 11.6 Å². The van der Waals surface area contributed by atoms with E-state index in [1.54, 1.807) is 24.3 Å². The molecule has 0 amide bonds. The van der Waals surface area contributed by atoms with Crippen LogP contribution in [0, 0.1) is 11.6 Å². The van der Waals surface area contributed by atoms with Crippen molar-refractivity contribution in [3.05, 3.63) is 84.0 Å². The summed E-state index contributed by atoms with van der Waals surface area (Å²) in [4.78, 5) is 23.5. The number of rotatable bonds is 10. The molecular formula is C32H31F3N4O3. The number of allylic oxidation sites excluding steroid dienone is 1. The number of anilines is 2. The van der Waals surface area contributed by atoms with Crippen molar-refractivity contribution in [1.82, 2.24) is 14.9 Å². The van der Waals surface area contributed by atoms with Crippen molar-refractivity contribution in [1.29, 1.82) is 0 Å². The average molecular weight is 577 g/mol. The van der Waals surface area contributed by atoms with E-state index in [0.717, 1.165) is 25.5 Å². The molecule has 1 atom stereocenters. The number of carbonyl (C=O) groups excluding carboxylic acids is 1. The zero-order chi connectivity index (χ0) is 29.8. The number of aryl methyl sites for hydroxylation is 1. The molecule has 5 rings (SSSR count). The lowest BCUT2D eigenvalue weighted by Crippen LogP contribution is -2.23. The molecule has 1 saturated heterocycles. The van der Waals surface area contributed by atoms with Gasteiger partial charge in [0.2, 0.25) is 0 Å². The van der Waals surface area contributed by atoms with Gasteiger partial charge >= 0.3 is 0 Å². The number of benzene rings is 3. The monoisotopic (exact) mass is 576 g/mol. The van der Waals surface area contributed by atoms with Crippen molar-refractivity contribution >= 4 is 28.2 Å². The lowest BCUT2D eigenvalue weighted by Gasteiger charge is -2.16. The molecule has 0 saturated carbocycles. The highest BCUT2D eigenvalue weighted by Gasteiger charge is 2.22. The maximum Gasteiger partial charge on any atom is 0.191 e. The Bertz CT molecular complexity index is 1660. The van der Waals surface area contributed by atoms with Crippen LogP contribution in [-0.2, 0) is 11.2 Å². The lowest BCUT2D eigenvalue weighted by atomic mass is 10.0. The van der Waals surface area contributed by atoms with Gasteiger partial charge in [0.25, 0.3) is 0 Å². The van der Waals surface area contributed by atoms with Crippen LogP contribution in [0.15, 0.2) is 66.8 Å². The first kappa shape index (κ1) is 29.1. The van der Waals surface area contributed by atoms with Crippen LogP contribution < -0.4 is 14.8 Å². The fourth-order valence-corrected chi connectivity index (χ4v) is 5.21. The zero-order valence-electron chi connectivity index (χ0n) is 23.6. The number of aromatic nitrogens is 2. The van der Waals surface area contributed by atoms with Crippen molar-refractivity contribution in [2.75, 3.05) is 33.1 Å². The van der Waals surface area contributed by atoms with Crippen LogP contribution >= 0.6 is 0 Å². The van der Waals surface area contributed by atoms with E-state index in [9.17, 15) is 18.0 Å². The number of ketones is 1. The number of likely N-dealkylation sites (tertiary alicyclic amines) is 1. The van der Waals surface area contributed by atoms with Gasteiger partial charge in [-0.2, -0.15) is 0 Å². The number of ether oxygens (including phenoxy) is 2. The number of hydrogen-bond acceptors (Lipinski definition) is 7. The van der Waals surface area contributed by atoms with Gasteiger partial charge in [0.05, 0.1) is 25.4 Å². The Kier molecular flexibility index (Phi) is 8.72. The number of likely N-dealkylation sites (N-methyl/N-ethyl adjacent to an activating group) is 1. The van der Waals surface area contributed by atoms with Crippen LogP contribution in [0.4, 0.5) is 24.7 Å². The SMILES string of the molecule is COc1cc2ncnc(Nc3cc(-c4ccc(F)cc4F)ccc3OC)c2cc1CCC(=O)/C(F)=C\[C@H]1CCCN1C. The molecule has 0 radical (unpaired) electrons. The first-order valence-corrected chi connectivity index (χ1v) is 13.6. The van der Waals surface area contributed by atoms with E-state index in [1.807, 2.05) is 18.0 Å². The van der Waals surface area contributed by atoms with Gasteiger partial charge in [-0.05, 0) is 80.4 Å². The third-order valence-corrected chi connectivity index (χ3v) is 7.54. The number of halogens is 3. The van der Waals surface area contributed by atoms with E-state index in [0.29, 0.717) is 45.0 Å². The molecule has 1 aliphatic rings. The highest BCUT2D eigenvalue weighted by atomic mass is 19.1. The fourth-order valence-electron chi connectivity index (χ4n) is 5.21. The minimum Gasteiger partial charge on any atom is -0.496 e. The predicted octanol–water partition coefficient (Wildman–Crippen LogP) is 6.79. The van der Waals surface area contributed by atoms with E-state index in [4.69, 9.17) is 9.47 Å². The first-order chi connectivity index (χ1) is 20.3. The number of methoxy groups -OCH3 is 2. The van der Waals surface area contributed by atoms with Gasteiger partial charge in [0, 0.05) is 35.5 Å². The largest absolute Gasteiger partial charge is 0.496 e. The number of Topliss-reactive ketones (excluding diaryl/α,β-unsaturated/α-hetero) is 1. The summed E-state index contributed by atoms with van der Waals surface area (Å²) in [5.74, 6) is -1.21. The van der Waals surface area contributed by atoms with E-state index in [-0.39, 0.29) is 24.4 Å². The minimum atomic E-state index is -0.719. The van der Waals surface area contributed by atoms with Gasteiger partial charge in [-0.25, -0.2) is 23.1 Å². The first-order valence-electron chi connectivity index (χ1n) is 13.6. The summed E-state index contributed by atoms with van der Waals surface area (Å²) >= 11 is 0. The summed E-state index contributed by atoms with van der Waals surface area (Å²) in [5, 5.41) is 3.88. The van der Waals surface area contributed by atoms with Crippen molar-refractivity contribution in [3.8, 4) is 22.6 Å². The molecule has 1 aromatic heterocycles. The molecule has 7 nitrogen and oxygen atoms in total. The van der Waals surface area contributed by atoms with Crippen LogP contribution in [0.2, 0.25) is 0 Å². The van der Waals surface area contributed by atoms with Crippen molar-refractivity contribution in [2.24, 2.45) is 0 Å². The Morgan fingerprint density at radius 2 is 1.88 bits per heavy atom. The third-order valence-electron chi connectivity index (χ3n) is 7.54. The van der Waals surface area contributed by atoms with Crippen molar-refractivity contribution in [2.45, 2.75) is 31.7 Å². The molecule has 10 heteroatoms. The smallest absolute Gasteiger partial charge is 0.191 e. The molecule has 0 spiro atoms. The Hall–Kier alpha value is -4.44. The summed E-state index contributed by atoms with van der Waals surface area (Å²) in [7, 11) is 4.95. The standard InChI is InChI=1S/C32H31F3N4O3/c1-39-12-4-5-22(39)16-26(35)29(40)10-6-20-13-24-27(17-31(20)42-3)36-18-37-32(24)38-28-14-19(7-11-30(28)41-2)23-9-8-21(33)15-25(23)34/h7-9,11,13-18,22H,4-6,10,12H2,1-3H3,(H,36,37,38)/b26-16+/t22-/m1/s1. The Labute approximate surface area is 242 Å². The molecule has 0 bridgehead atoms. The molecule has 3 aromatic carbocycles. The second-order valence-corrected chi connectivity index (χ2v) is 10.2. The predicted molar refractivity (Wildman–Crippen MR) is 156 cm³/mol. The van der Waals surface area contributed by atoms with Crippen LogP contribution in [0.1, 0.15) is 24.8 Å². The van der Waals surface area contributed by atoms with Crippen molar-refractivity contribution in [3.63, 3.8) is 0 Å². The molecule has 1 aliphatic heterocycles. The quantitative estimate of drug-likeness (QED) is 0.209. The summed E-state index contributed by atoms with van der Waals surface area (Å²) < 4.78 is 53.8. The highest BCUT2D eigenvalue weighted by molar-refractivity contribution is 5.95. The molecule has 1 N–H and O–H groups in total. The van der Waals surface area contributed by atoms with E-state index >= 15 is 0 Å². The Balaban J connectivity index is 1.44. The second kappa shape index (κ2) is 12.6. The van der Waals surface area contributed by atoms with E-state index in [1.165, 1.54) is 38.8 Å². The van der Waals surface area contributed by atoms with Crippen LogP contribution in [-0.4, -0.2) is 54.5 Å². The number of fused-ring (bicyclic) bond motifs is 1. The maximum absolute atomic E-state index is 14.7.